The van der Waals surface area contributed by atoms with Crippen LogP contribution in [-0.2, 0) is 16.0 Å². The maximum absolute atomic E-state index is 11.5. The van der Waals surface area contributed by atoms with Crippen LogP contribution in [0.2, 0.25) is 0 Å². The van der Waals surface area contributed by atoms with Crippen LogP contribution in [0.25, 0.3) is 0 Å². The van der Waals surface area contributed by atoms with Gasteiger partial charge in [-0.3, -0.25) is 4.79 Å². The molecule has 1 rings (SSSR count). The number of phenolic OH excluding ortho intramolecular Hbond substituents is 2. The summed E-state index contributed by atoms with van der Waals surface area (Å²) in [5.41, 5.74) is 6.28. The van der Waals surface area contributed by atoms with Crippen LogP contribution >= 0.6 is 0 Å². The highest BCUT2D eigenvalue weighted by Crippen LogP contribution is 2.21. The minimum absolute atomic E-state index is 0.0587. The van der Waals surface area contributed by atoms with E-state index < -0.39 is 12.0 Å². The SMILES string of the molecule is CCCCOC(=O)[C@@H](N)Cc1cc(O)cc(O)c1. The van der Waals surface area contributed by atoms with Crippen molar-refractivity contribution in [2.45, 2.75) is 32.2 Å². The first-order valence-electron chi connectivity index (χ1n) is 5.97. The Bertz CT molecular complexity index is 386. The molecule has 0 aliphatic rings. The van der Waals surface area contributed by atoms with E-state index in [0.29, 0.717) is 12.2 Å². The summed E-state index contributed by atoms with van der Waals surface area (Å²) in [4.78, 5) is 11.5. The second kappa shape index (κ2) is 6.86. The fraction of sp³-hybridized carbons (Fsp3) is 0.462. The van der Waals surface area contributed by atoms with E-state index in [0.717, 1.165) is 12.8 Å². The topological polar surface area (TPSA) is 92.8 Å². The van der Waals surface area contributed by atoms with Crippen molar-refractivity contribution >= 4 is 5.97 Å². The molecule has 0 radical (unpaired) electrons. The van der Waals surface area contributed by atoms with Crippen molar-refractivity contribution in [3.8, 4) is 11.5 Å². The van der Waals surface area contributed by atoms with Crippen LogP contribution in [0.3, 0.4) is 0 Å². The molecule has 1 aromatic rings. The molecule has 0 aromatic heterocycles. The molecule has 0 fully saturated rings. The summed E-state index contributed by atoms with van der Waals surface area (Å²) >= 11 is 0. The molecular weight excluding hydrogens is 234 g/mol. The molecule has 0 spiro atoms. The fourth-order valence-corrected chi connectivity index (χ4v) is 1.54. The number of phenols is 2. The van der Waals surface area contributed by atoms with Crippen molar-refractivity contribution in [2.75, 3.05) is 6.61 Å². The molecule has 1 aromatic carbocycles. The predicted octanol–water partition coefficient (Wildman–Crippen LogP) is 1.31. The van der Waals surface area contributed by atoms with Gasteiger partial charge in [-0.15, -0.1) is 0 Å². The van der Waals surface area contributed by atoms with E-state index in [1.807, 2.05) is 6.92 Å². The molecule has 0 heterocycles. The van der Waals surface area contributed by atoms with E-state index in [2.05, 4.69) is 0 Å². The predicted molar refractivity (Wildman–Crippen MR) is 67.3 cm³/mol. The van der Waals surface area contributed by atoms with Gasteiger partial charge in [0.05, 0.1) is 6.61 Å². The number of ether oxygens (including phenoxy) is 1. The number of unbranched alkanes of at least 4 members (excludes halogenated alkanes) is 1. The van der Waals surface area contributed by atoms with Crippen molar-refractivity contribution < 1.29 is 19.7 Å². The van der Waals surface area contributed by atoms with Crippen molar-refractivity contribution in [3.05, 3.63) is 23.8 Å². The fourth-order valence-electron chi connectivity index (χ4n) is 1.54. The number of rotatable bonds is 6. The number of aromatic hydroxyl groups is 2. The largest absolute Gasteiger partial charge is 0.508 e. The van der Waals surface area contributed by atoms with Gasteiger partial charge >= 0.3 is 5.97 Å². The third-order valence-corrected chi connectivity index (χ3v) is 2.46. The molecule has 18 heavy (non-hydrogen) atoms. The van der Waals surface area contributed by atoms with E-state index in [4.69, 9.17) is 10.5 Å². The van der Waals surface area contributed by atoms with Gasteiger partial charge in [-0.1, -0.05) is 13.3 Å². The highest BCUT2D eigenvalue weighted by atomic mass is 16.5. The van der Waals surface area contributed by atoms with Gasteiger partial charge in [-0.05, 0) is 30.5 Å². The molecule has 0 bridgehead atoms. The Labute approximate surface area is 106 Å². The normalized spacial score (nSPS) is 12.1. The van der Waals surface area contributed by atoms with Crippen molar-refractivity contribution in [2.24, 2.45) is 5.73 Å². The summed E-state index contributed by atoms with van der Waals surface area (Å²) in [7, 11) is 0. The average molecular weight is 253 g/mol. The molecular formula is C13H19NO4. The van der Waals surface area contributed by atoms with Crippen LogP contribution in [0, 0.1) is 0 Å². The molecule has 4 N–H and O–H groups in total. The van der Waals surface area contributed by atoms with Crippen LogP contribution in [-0.4, -0.2) is 28.8 Å². The number of carbonyl (C=O) groups is 1. The Morgan fingerprint density at radius 1 is 1.33 bits per heavy atom. The van der Waals surface area contributed by atoms with Gasteiger partial charge in [0, 0.05) is 6.07 Å². The molecule has 0 saturated carbocycles. The third kappa shape index (κ3) is 4.63. The Morgan fingerprint density at radius 2 is 1.94 bits per heavy atom. The Morgan fingerprint density at radius 3 is 2.50 bits per heavy atom. The van der Waals surface area contributed by atoms with E-state index in [9.17, 15) is 15.0 Å². The lowest BCUT2D eigenvalue weighted by Gasteiger charge is -2.11. The standard InChI is InChI=1S/C13H19NO4/c1-2-3-4-18-13(17)12(14)7-9-5-10(15)8-11(16)6-9/h5-6,8,12,15-16H,2-4,7,14H2,1H3/t12-/m0/s1. The number of nitrogens with two attached hydrogens (primary N) is 1. The van der Waals surface area contributed by atoms with E-state index >= 15 is 0 Å². The van der Waals surface area contributed by atoms with Crippen LogP contribution in [0.5, 0.6) is 11.5 Å². The van der Waals surface area contributed by atoms with Crippen LogP contribution in [0.1, 0.15) is 25.3 Å². The van der Waals surface area contributed by atoms with E-state index in [-0.39, 0.29) is 17.9 Å². The number of hydrogen-bond donors (Lipinski definition) is 3. The lowest BCUT2D eigenvalue weighted by atomic mass is 10.1. The summed E-state index contributed by atoms with van der Waals surface area (Å²) in [6.45, 7) is 2.37. The summed E-state index contributed by atoms with van der Waals surface area (Å²) in [5, 5.41) is 18.6. The summed E-state index contributed by atoms with van der Waals surface area (Å²) in [5.74, 6) is -0.584. The lowest BCUT2D eigenvalue weighted by molar-refractivity contribution is -0.145. The first-order valence-corrected chi connectivity index (χ1v) is 5.97. The van der Waals surface area contributed by atoms with Crippen LogP contribution in [0.15, 0.2) is 18.2 Å². The summed E-state index contributed by atoms with van der Waals surface area (Å²) < 4.78 is 4.99. The van der Waals surface area contributed by atoms with Gasteiger partial charge in [0.2, 0.25) is 0 Å². The molecule has 5 nitrogen and oxygen atoms in total. The number of hydrogen-bond acceptors (Lipinski definition) is 5. The summed E-state index contributed by atoms with van der Waals surface area (Å²) in [6.07, 6.45) is 1.97. The number of esters is 1. The minimum Gasteiger partial charge on any atom is -0.508 e. The smallest absolute Gasteiger partial charge is 0.323 e. The first kappa shape index (κ1) is 14.3. The van der Waals surface area contributed by atoms with Gasteiger partial charge in [0.1, 0.15) is 17.5 Å². The zero-order chi connectivity index (χ0) is 13.5. The molecule has 0 aliphatic carbocycles. The van der Waals surface area contributed by atoms with Gasteiger partial charge in [0.25, 0.3) is 0 Å². The lowest BCUT2D eigenvalue weighted by Crippen LogP contribution is -2.34. The van der Waals surface area contributed by atoms with Gasteiger partial charge in [-0.25, -0.2) is 0 Å². The molecule has 0 saturated heterocycles. The third-order valence-electron chi connectivity index (χ3n) is 2.46. The van der Waals surface area contributed by atoms with Crippen LogP contribution < -0.4 is 5.73 Å². The quantitative estimate of drug-likeness (QED) is 0.525. The highest BCUT2D eigenvalue weighted by Gasteiger charge is 2.16. The van der Waals surface area contributed by atoms with Gasteiger partial charge in [-0.2, -0.15) is 0 Å². The second-order valence-electron chi connectivity index (χ2n) is 4.19. The molecule has 1 atom stereocenters. The van der Waals surface area contributed by atoms with Gasteiger partial charge < -0.3 is 20.7 Å². The second-order valence-corrected chi connectivity index (χ2v) is 4.19. The highest BCUT2D eigenvalue weighted by molar-refractivity contribution is 5.75. The molecule has 0 aliphatic heterocycles. The zero-order valence-corrected chi connectivity index (χ0v) is 10.4. The molecule has 5 heteroatoms. The monoisotopic (exact) mass is 253 g/mol. The van der Waals surface area contributed by atoms with E-state index in [1.165, 1.54) is 18.2 Å². The molecule has 100 valence electrons. The Hall–Kier alpha value is -1.75. The Balaban J connectivity index is 2.52. The molecule has 0 amide bonds. The number of benzene rings is 1. The maximum Gasteiger partial charge on any atom is 0.323 e. The van der Waals surface area contributed by atoms with Crippen LogP contribution in [0.4, 0.5) is 0 Å². The molecule has 0 unspecified atom stereocenters. The Kier molecular flexibility index (Phi) is 5.45. The average Bonchev–Trinajstić information content (AvgIpc) is 2.27. The van der Waals surface area contributed by atoms with E-state index in [1.54, 1.807) is 0 Å². The summed E-state index contributed by atoms with van der Waals surface area (Å²) in [6, 6.07) is 3.34. The first-order chi connectivity index (χ1) is 8.52. The maximum atomic E-state index is 11.5. The zero-order valence-electron chi connectivity index (χ0n) is 10.4. The number of carbonyl (C=O) groups excluding carboxylic acids is 1. The van der Waals surface area contributed by atoms with Crippen molar-refractivity contribution in [1.29, 1.82) is 0 Å². The van der Waals surface area contributed by atoms with Gasteiger partial charge in [0.15, 0.2) is 0 Å². The van der Waals surface area contributed by atoms with Crippen molar-refractivity contribution in [3.63, 3.8) is 0 Å². The van der Waals surface area contributed by atoms with Crippen molar-refractivity contribution in [1.82, 2.24) is 0 Å². The minimum atomic E-state index is -0.789.